The SMILES string of the molecule is C=Cc1ccc2c(ccc3ccccc32)c1S(=O)(=O)[O-].[K+]. The molecular formula is C16H11KO3S. The number of rotatable bonds is 2. The molecule has 0 amide bonds. The fraction of sp³-hybridized carbons (Fsp3) is 0. The Bertz CT molecular complexity index is 946. The molecule has 0 unspecified atom stereocenters. The summed E-state index contributed by atoms with van der Waals surface area (Å²) in [6, 6.07) is 14.6. The number of hydrogen-bond donors (Lipinski definition) is 0. The van der Waals surface area contributed by atoms with Gasteiger partial charge < -0.3 is 4.55 Å². The van der Waals surface area contributed by atoms with Gasteiger partial charge in [-0.25, -0.2) is 8.42 Å². The van der Waals surface area contributed by atoms with Gasteiger partial charge in [0.1, 0.15) is 10.1 Å². The molecule has 5 heteroatoms. The molecule has 3 aromatic carbocycles. The summed E-state index contributed by atoms with van der Waals surface area (Å²) in [4.78, 5) is -0.198. The van der Waals surface area contributed by atoms with E-state index in [4.69, 9.17) is 0 Å². The van der Waals surface area contributed by atoms with Crippen molar-refractivity contribution in [2.45, 2.75) is 4.90 Å². The third kappa shape index (κ3) is 3.00. The van der Waals surface area contributed by atoms with Crippen molar-refractivity contribution < 1.29 is 64.4 Å². The predicted molar refractivity (Wildman–Crippen MR) is 79.5 cm³/mol. The third-order valence-corrected chi connectivity index (χ3v) is 4.33. The molecule has 0 radical (unpaired) electrons. The van der Waals surface area contributed by atoms with E-state index in [1.807, 2.05) is 36.4 Å². The molecule has 0 aromatic heterocycles. The van der Waals surface area contributed by atoms with E-state index in [1.54, 1.807) is 12.1 Å². The average molecular weight is 322 g/mol. The summed E-state index contributed by atoms with van der Waals surface area (Å²) < 4.78 is 34.7. The van der Waals surface area contributed by atoms with E-state index in [-0.39, 0.29) is 56.3 Å². The Morgan fingerprint density at radius 2 is 1.57 bits per heavy atom. The summed E-state index contributed by atoms with van der Waals surface area (Å²) >= 11 is 0. The van der Waals surface area contributed by atoms with E-state index < -0.39 is 10.1 Å². The Hall–Kier alpha value is -0.534. The van der Waals surface area contributed by atoms with Crippen molar-refractivity contribution in [3.05, 3.63) is 60.7 Å². The van der Waals surface area contributed by atoms with Gasteiger partial charge in [0, 0.05) is 5.39 Å². The van der Waals surface area contributed by atoms with E-state index in [1.165, 1.54) is 6.08 Å². The first-order valence-electron chi connectivity index (χ1n) is 6.05. The second-order valence-corrected chi connectivity index (χ2v) is 5.84. The van der Waals surface area contributed by atoms with Crippen LogP contribution in [0.3, 0.4) is 0 Å². The molecule has 0 saturated heterocycles. The van der Waals surface area contributed by atoms with Gasteiger partial charge in [0.2, 0.25) is 0 Å². The molecule has 0 N–H and O–H groups in total. The van der Waals surface area contributed by atoms with E-state index in [2.05, 4.69) is 6.58 Å². The van der Waals surface area contributed by atoms with Gasteiger partial charge in [-0.2, -0.15) is 0 Å². The molecule has 100 valence electrons. The summed E-state index contributed by atoms with van der Waals surface area (Å²) in [5.74, 6) is 0. The van der Waals surface area contributed by atoms with Gasteiger partial charge in [0.05, 0.1) is 4.90 Å². The minimum atomic E-state index is -4.56. The quantitative estimate of drug-likeness (QED) is 0.393. The van der Waals surface area contributed by atoms with Gasteiger partial charge in [0.15, 0.2) is 0 Å². The van der Waals surface area contributed by atoms with Crippen molar-refractivity contribution >= 4 is 37.7 Å². The standard InChI is InChI=1S/C16H12O3S.K/c1-2-11-7-9-14-13-6-4-3-5-12(13)8-10-15(14)16(11)20(17,18)19;/h2-10H,1H2,(H,17,18,19);/q;+1/p-1. The van der Waals surface area contributed by atoms with Crippen molar-refractivity contribution in [1.29, 1.82) is 0 Å². The molecule has 3 rings (SSSR count). The molecule has 0 spiro atoms. The number of benzene rings is 3. The summed E-state index contributed by atoms with van der Waals surface area (Å²) in [7, 11) is -4.56. The van der Waals surface area contributed by atoms with Crippen molar-refractivity contribution in [2.24, 2.45) is 0 Å². The van der Waals surface area contributed by atoms with Gasteiger partial charge in [-0.3, -0.25) is 0 Å². The van der Waals surface area contributed by atoms with Gasteiger partial charge >= 0.3 is 51.4 Å². The Kier molecular flexibility index (Phi) is 5.05. The molecule has 0 heterocycles. The topological polar surface area (TPSA) is 57.2 Å². The van der Waals surface area contributed by atoms with Crippen LogP contribution in [0, 0.1) is 0 Å². The molecule has 0 aliphatic heterocycles. The first kappa shape index (κ1) is 16.8. The summed E-state index contributed by atoms with van der Waals surface area (Å²) in [6.45, 7) is 3.57. The zero-order valence-electron chi connectivity index (χ0n) is 11.5. The molecule has 0 atom stereocenters. The Morgan fingerprint density at radius 1 is 0.905 bits per heavy atom. The smallest absolute Gasteiger partial charge is 0.744 e. The van der Waals surface area contributed by atoms with Crippen LogP contribution in [0.2, 0.25) is 0 Å². The van der Waals surface area contributed by atoms with E-state index in [0.29, 0.717) is 10.9 Å². The zero-order chi connectivity index (χ0) is 14.3. The molecule has 0 fully saturated rings. The van der Waals surface area contributed by atoms with E-state index in [0.717, 1.165) is 16.2 Å². The molecule has 0 aliphatic rings. The molecule has 21 heavy (non-hydrogen) atoms. The van der Waals surface area contributed by atoms with Crippen LogP contribution in [0.1, 0.15) is 5.56 Å². The van der Waals surface area contributed by atoms with Crippen molar-refractivity contribution in [1.82, 2.24) is 0 Å². The second-order valence-electron chi connectivity index (χ2n) is 4.52. The molecule has 0 bridgehead atoms. The van der Waals surface area contributed by atoms with Crippen LogP contribution in [-0.4, -0.2) is 13.0 Å². The van der Waals surface area contributed by atoms with Crippen molar-refractivity contribution in [2.75, 3.05) is 0 Å². The van der Waals surface area contributed by atoms with Gasteiger partial charge in [-0.1, -0.05) is 61.2 Å². The van der Waals surface area contributed by atoms with Crippen LogP contribution in [0.5, 0.6) is 0 Å². The van der Waals surface area contributed by atoms with Gasteiger partial charge in [-0.05, 0) is 21.7 Å². The van der Waals surface area contributed by atoms with E-state index >= 15 is 0 Å². The Balaban J connectivity index is 0.00000161. The van der Waals surface area contributed by atoms with Crippen LogP contribution in [0.25, 0.3) is 27.6 Å². The first-order chi connectivity index (χ1) is 9.52. The molecule has 3 nitrogen and oxygen atoms in total. The minimum Gasteiger partial charge on any atom is -0.744 e. The fourth-order valence-corrected chi connectivity index (χ4v) is 3.40. The zero-order valence-corrected chi connectivity index (χ0v) is 15.5. The Labute approximate surface area is 165 Å². The maximum absolute atomic E-state index is 11.6. The normalized spacial score (nSPS) is 11.3. The van der Waals surface area contributed by atoms with Crippen LogP contribution in [-0.2, 0) is 10.1 Å². The van der Waals surface area contributed by atoms with Crippen LogP contribution >= 0.6 is 0 Å². The third-order valence-electron chi connectivity index (χ3n) is 3.38. The minimum absolute atomic E-state index is 0. The van der Waals surface area contributed by atoms with Crippen LogP contribution in [0.15, 0.2) is 60.0 Å². The first-order valence-corrected chi connectivity index (χ1v) is 7.46. The fourth-order valence-electron chi connectivity index (χ4n) is 2.52. The maximum Gasteiger partial charge on any atom is 1.00 e. The number of hydrogen-bond acceptors (Lipinski definition) is 3. The maximum atomic E-state index is 11.6. The van der Waals surface area contributed by atoms with Crippen molar-refractivity contribution in [3.63, 3.8) is 0 Å². The monoisotopic (exact) mass is 322 g/mol. The molecule has 3 aromatic rings. The van der Waals surface area contributed by atoms with Crippen molar-refractivity contribution in [3.8, 4) is 0 Å². The van der Waals surface area contributed by atoms with Crippen LogP contribution < -0.4 is 51.4 Å². The van der Waals surface area contributed by atoms with Gasteiger partial charge in [-0.15, -0.1) is 0 Å². The predicted octanol–water partition coefficient (Wildman–Crippen LogP) is 0.544. The molecule has 0 aliphatic carbocycles. The van der Waals surface area contributed by atoms with Crippen LogP contribution in [0.4, 0.5) is 0 Å². The molecule has 0 saturated carbocycles. The average Bonchev–Trinajstić information content (AvgIpc) is 2.44. The number of fused-ring (bicyclic) bond motifs is 3. The van der Waals surface area contributed by atoms with E-state index in [9.17, 15) is 13.0 Å². The summed E-state index contributed by atoms with van der Waals surface area (Å²) in [6.07, 6.45) is 1.39. The summed E-state index contributed by atoms with van der Waals surface area (Å²) in [5, 5.41) is 3.12. The largest absolute Gasteiger partial charge is 1.00 e. The Morgan fingerprint density at radius 3 is 2.24 bits per heavy atom. The van der Waals surface area contributed by atoms with Gasteiger partial charge in [0.25, 0.3) is 0 Å². The summed E-state index contributed by atoms with van der Waals surface area (Å²) in [5.41, 5.74) is 0.336. The second kappa shape index (κ2) is 6.30. The molecular weight excluding hydrogens is 311 g/mol.